The van der Waals surface area contributed by atoms with Crippen LogP contribution < -0.4 is 0 Å². The van der Waals surface area contributed by atoms with E-state index in [4.69, 9.17) is 5.11 Å². The van der Waals surface area contributed by atoms with E-state index in [0.29, 0.717) is 134 Å². The molecule has 4 saturated heterocycles. The first-order valence-electron chi connectivity index (χ1n) is 47.7. The van der Waals surface area contributed by atoms with Gasteiger partial charge in [0.25, 0.3) is 0 Å². The highest BCUT2D eigenvalue weighted by molar-refractivity contribution is 9.09. The molecule has 131 heavy (non-hydrogen) atoms. The van der Waals surface area contributed by atoms with Crippen molar-refractivity contribution < 1.29 is 33.9 Å². The summed E-state index contributed by atoms with van der Waals surface area (Å²) in [5.41, 5.74) is 2.60. The van der Waals surface area contributed by atoms with E-state index in [-0.39, 0.29) is 38.5 Å². The van der Waals surface area contributed by atoms with Crippen LogP contribution in [0.15, 0.2) is 296 Å². The Hall–Kier alpha value is -5.22. The zero-order valence-electron chi connectivity index (χ0n) is 80.5. The number of aromatic hydroxyl groups is 1. The zero-order chi connectivity index (χ0) is 93.8. The van der Waals surface area contributed by atoms with Crippen LogP contribution in [0.25, 0.3) is 0 Å². The van der Waals surface area contributed by atoms with Gasteiger partial charge in [0.15, 0.2) is 81.2 Å². The van der Waals surface area contributed by atoms with Crippen LogP contribution in [-0.2, 0) is 123 Å². The molecule has 7 nitrogen and oxygen atoms in total. The SMILES string of the molecule is BrCC[S+](c1ccccc1)c1ccccc1.C[S+](C)CC(=O)C1CCCCC1.C[S+](C)CC(=O)c1ccccc1.C[S+](C)c1ccc(O)cc1.C[S+](C)c1ccccc1.C[S+](c1ccccc1)c1ccccc1.O=C(C[S+]1CCCC1)C1CCCCC1.O=C(C[S+]1CCCC1)c1ccccc1.O=C(C[S+]1CCCCC1)C1CCCCC1.O=C(C[S+]1CCCCC1)c1ccccc1. The first-order valence-corrected chi connectivity index (χ1v) is 67.3. The Morgan fingerprint density at radius 2 is 0.519 bits per heavy atom. The smallest absolute Gasteiger partial charge is 0.211 e. The van der Waals surface area contributed by atoms with Crippen LogP contribution in [0, 0.1) is 17.8 Å². The van der Waals surface area contributed by atoms with Crippen molar-refractivity contribution in [3.8, 4) is 5.75 Å². The van der Waals surface area contributed by atoms with Gasteiger partial charge in [0.2, 0.25) is 17.3 Å². The van der Waals surface area contributed by atoms with Gasteiger partial charge in [-0.2, -0.15) is 0 Å². The van der Waals surface area contributed by atoms with Gasteiger partial charge in [-0.15, -0.1) is 0 Å². The Morgan fingerprint density at radius 1 is 0.275 bits per heavy atom. The van der Waals surface area contributed by atoms with Crippen molar-refractivity contribution in [1.29, 1.82) is 0 Å². The van der Waals surface area contributed by atoms with Gasteiger partial charge in [-0.05, 0) is 253 Å². The van der Waals surface area contributed by atoms with E-state index >= 15 is 0 Å². The van der Waals surface area contributed by atoms with Crippen molar-refractivity contribution in [2.45, 2.75) is 190 Å². The molecule has 3 aliphatic carbocycles. The number of hydrogen-bond acceptors (Lipinski definition) is 7. The summed E-state index contributed by atoms with van der Waals surface area (Å²) in [5, 5.41) is 9.98. The van der Waals surface area contributed by atoms with Crippen LogP contribution in [0.5, 0.6) is 5.75 Å². The number of Topliss-reactive ketones (excluding diaryl/α,β-unsaturated/α-hetero) is 6. The number of phenolic OH excluding ortho intramolecular Hbond substituents is 1. The summed E-state index contributed by atoms with van der Waals surface area (Å²) in [4.78, 5) is 79.2. The van der Waals surface area contributed by atoms with E-state index in [1.54, 1.807) is 12.1 Å². The highest BCUT2D eigenvalue weighted by atomic mass is 79.9. The van der Waals surface area contributed by atoms with Gasteiger partial charge >= 0.3 is 0 Å². The van der Waals surface area contributed by atoms with Crippen molar-refractivity contribution >= 4 is 160 Å². The topological polar surface area (TPSA) is 123 Å². The van der Waals surface area contributed by atoms with Gasteiger partial charge in [0.1, 0.15) is 88.8 Å². The normalized spacial score (nSPS) is 16.1. The lowest BCUT2D eigenvalue weighted by Gasteiger charge is -2.21. The summed E-state index contributed by atoms with van der Waals surface area (Å²) < 4.78 is 0. The number of carbonyl (C=O) groups excluding carboxylic acids is 6. The zero-order valence-corrected chi connectivity index (χ0v) is 90.2. The minimum atomic E-state index is 0.202. The number of halogens is 1. The van der Waals surface area contributed by atoms with Gasteiger partial charge in [-0.1, -0.05) is 256 Å². The molecule has 7 aliphatic rings. The third-order valence-electron chi connectivity index (χ3n) is 23.7. The Labute approximate surface area is 830 Å². The summed E-state index contributed by atoms with van der Waals surface area (Å²) in [6.07, 6.45) is 52.0. The van der Waals surface area contributed by atoms with Gasteiger partial charge < -0.3 is 5.11 Å². The molecular weight excluding hydrogens is 1870 g/mol. The molecule has 4 aliphatic heterocycles. The monoisotopic (exact) mass is 2020 g/mol. The fourth-order valence-electron chi connectivity index (χ4n) is 16.3. The maximum absolute atomic E-state index is 12.1. The van der Waals surface area contributed by atoms with E-state index in [1.807, 2.05) is 103 Å². The lowest BCUT2D eigenvalue weighted by atomic mass is 9.87. The lowest BCUT2D eigenvalue weighted by molar-refractivity contribution is -0.122. The van der Waals surface area contributed by atoms with Crippen LogP contribution in [0.3, 0.4) is 0 Å². The first-order chi connectivity index (χ1) is 63.6. The molecule has 18 heteroatoms. The minimum absolute atomic E-state index is 0.202. The molecule has 708 valence electrons. The highest BCUT2D eigenvalue weighted by Gasteiger charge is 2.34. The summed E-state index contributed by atoms with van der Waals surface area (Å²) in [5.74, 6) is 20.9. The molecule has 0 unspecified atom stereocenters. The average molecular weight is 2030 g/mol. The number of alkyl halides is 1. The molecule has 0 radical (unpaired) electrons. The van der Waals surface area contributed by atoms with Crippen molar-refractivity contribution in [3.63, 3.8) is 0 Å². The number of carbonyl (C=O) groups is 6. The Morgan fingerprint density at radius 3 is 0.802 bits per heavy atom. The molecule has 0 amide bonds. The molecule has 9 aromatic rings. The predicted octanol–water partition coefficient (Wildman–Crippen LogP) is 25.2. The number of benzene rings is 9. The largest absolute Gasteiger partial charge is 0.508 e. The lowest BCUT2D eigenvalue weighted by Crippen LogP contribution is -2.30. The Bertz CT molecular complexity index is 4380. The molecule has 3 saturated carbocycles. The predicted molar refractivity (Wildman–Crippen MR) is 597 cm³/mol. The van der Waals surface area contributed by atoms with Crippen molar-refractivity contribution in [1.82, 2.24) is 0 Å². The highest BCUT2D eigenvalue weighted by Crippen LogP contribution is 2.31. The van der Waals surface area contributed by atoms with Gasteiger partial charge in [0, 0.05) is 61.6 Å². The van der Waals surface area contributed by atoms with E-state index in [0.717, 1.165) is 69.4 Å². The number of hydrogen-bond donors (Lipinski definition) is 1. The second-order valence-corrected chi connectivity index (χ2v) is 58.2. The Kier molecular flexibility index (Phi) is 59.2. The van der Waals surface area contributed by atoms with E-state index in [2.05, 4.69) is 224 Å². The molecule has 0 aromatic heterocycles. The van der Waals surface area contributed by atoms with Gasteiger partial charge in [-0.25, -0.2) is 0 Å². The summed E-state index contributed by atoms with van der Waals surface area (Å²) in [7, 11) is 3.37. The van der Waals surface area contributed by atoms with Gasteiger partial charge in [0.05, 0.1) is 46.8 Å². The molecular formula is C113H157BrO7S10+10. The Balaban J connectivity index is 0.000000200. The molecule has 9 aromatic carbocycles. The van der Waals surface area contributed by atoms with Crippen molar-refractivity contribution in [2.24, 2.45) is 17.8 Å². The van der Waals surface area contributed by atoms with E-state index in [1.165, 1.54) is 223 Å². The third kappa shape index (κ3) is 48.1. The van der Waals surface area contributed by atoms with Crippen LogP contribution in [-0.4, -0.2) is 188 Å². The second-order valence-electron chi connectivity index (χ2n) is 35.2. The minimum Gasteiger partial charge on any atom is -0.508 e. The van der Waals surface area contributed by atoms with Crippen LogP contribution in [0.2, 0.25) is 0 Å². The van der Waals surface area contributed by atoms with Crippen molar-refractivity contribution in [2.75, 3.05) is 148 Å². The fourth-order valence-corrected chi connectivity index (χ4v) is 32.6. The maximum Gasteiger partial charge on any atom is 0.211 e. The number of phenols is 1. The third-order valence-corrected chi connectivity index (χ3v) is 42.7. The average Bonchev–Trinajstić information content (AvgIpc) is 1.43. The van der Waals surface area contributed by atoms with Gasteiger partial charge in [-0.3, -0.25) is 28.8 Å². The second kappa shape index (κ2) is 68.7. The number of rotatable bonds is 26. The molecule has 1 N–H and O–H groups in total. The fraction of sp³-hybridized carbons (Fsp3) is 0.469. The van der Waals surface area contributed by atoms with Crippen LogP contribution >= 0.6 is 15.9 Å². The molecule has 0 spiro atoms. The molecule has 4 heterocycles. The summed E-state index contributed by atoms with van der Waals surface area (Å²) in [6.45, 7) is 0. The maximum atomic E-state index is 12.1. The van der Waals surface area contributed by atoms with E-state index in [9.17, 15) is 28.8 Å². The standard InChI is InChI=1S/C14H14BrS.C13H23OS.C13H17OS.C13H13S.C12H21OS.C12H15OS.C10H19OS.C10H13OS.C8H10OS.C8H11S/c15-11-12-16(13-7-3-1-4-8-13)14-9-5-2-6-10-14;2*14-13(12-7-3-1-4-8-12)11-15-9-5-2-6-10-15;1-14(12-8-4-2-5-9-12)13-10-6-3-7-11-13;2*13-12(10-14-8-4-5-9-14)11-6-2-1-3-7-11;2*1-12(2)8-10(11)9-6-4-3-5-7-9;1-10(2)8-5-3-7(9)4-6-8;1-9(2)8-6-4-3-5-7-8/h1-10H,11-12H2;12H,1-11H2;1,3-4,7-8H,2,5-6,9-11H2;2-11H,1H3;11H,1-10H2;1-3,6-7H,4-5,8-10H2;9H,3-8H2,1-2H3;3-7H,8H2,1-2H3;3-6H,1-2H3;3-7H,1-2H3/q8*+1;;+1/p+1. The van der Waals surface area contributed by atoms with Crippen LogP contribution in [0.4, 0.5) is 0 Å². The number of ketones is 6. The summed E-state index contributed by atoms with van der Waals surface area (Å²) >= 11 is 3.55. The molecule has 16 rings (SSSR count). The quantitative estimate of drug-likeness (QED) is 0.0325. The van der Waals surface area contributed by atoms with Crippen LogP contribution in [0.1, 0.15) is 192 Å². The summed E-state index contributed by atoms with van der Waals surface area (Å²) in [6, 6.07) is 89.5. The molecule has 7 fully saturated rings. The first kappa shape index (κ1) is 113. The molecule has 0 atom stereocenters. The molecule has 0 bridgehead atoms. The van der Waals surface area contributed by atoms with Crippen molar-refractivity contribution in [3.05, 3.63) is 284 Å². The van der Waals surface area contributed by atoms with E-state index < -0.39 is 0 Å².